The minimum Gasteiger partial charge on any atom is -0.484 e. The van der Waals surface area contributed by atoms with Crippen molar-refractivity contribution in [2.24, 2.45) is 13.0 Å². The standard InChI is InChI=1S/C27H27FN4O4/c1-16(2)25(30-27(35)17(3)33)26(18-6-5-7-20(28)12-18)36-22-9-10-23-19(13-22)14-29-32(23)21-8-11-24(34)31(4)15-21/h5-16,25-26H,1-4H3,(H,30,35)/t25-,26+/m0/s1. The van der Waals surface area contributed by atoms with E-state index in [9.17, 15) is 18.8 Å². The third kappa shape index (κ3) is 5.19. The number of nitrogens with zero attached hydrogens (tertiary/aromatic N) is 3. The molecule has 0 aliphatic carbocycles. The number of hydrogen-bond acceptors (Lipinski definition) is 5. The summed E-state index contributed by atoms with van der Waals surface area (Å²) in [6.45, 7) is 4.98. The molecule has 36 heavy (non-hydrogen) atoms. The molecule has 4 rings (SSSR count). The Balaban J connectivity index is 1.71. The van der Waals surface area contributed by atoms with Crippen LogP contribution in [0, 0.1) is 11.7 Å². The number of hydrogen-bond donors (Lipinski definition) is 1. The predicted molar refractivity (Wildman–Crippen MR) is 134 cm³/mol. The normalized spacial score (nSPS) is 12.9. The Morgan fingerprint density at radius 2 is 1.86 bits per heavy atom. The van der Waals surface area contributed by atoms with Gasteiger partial charge in [-0.05, 0) is 47.9 Å². The maximum Gasteiger partial charge on any atom is 0.287 e. The number of amides is 1. The topological polar surface area (TPSA) is 95.2 Å². The highest BCUT2D eigenvalue weighted by atomic mass is 19.1. The number of Topliss-reactive ketones (excluding diaryl/α,β-unsaturated/α-hetero) is 1. The van der Waals surface area contributed by atoms with E-state index in [4.69, 9.17) is 4.74 Å². The number of pyridine rings is 1. The van der Waals surface area contributed by atoms with Gasteiger partial charge < -0.3 is 14.6 Å². The number of ketones is 1. The van der Waals surface area contributed by atoms with Crippen molar-refractivity contribution in [1.82, 2.24) is 19.7 Å². The number of carbonyl (C=O) groups is 2. The van der Waals surface area contributed by atoms with Crippen LogP contribution < -0.4 is 15.6 Å². The van der Waals surface area contributed by atoms with Crippen LogP contribution in [0.1, 0.15) is 32.4 Å². The Hall–Kier alpha value is -4.27. The SMILES string of the molecule is CC(=O)C(=O)N[C@@H](C(C)C)[C@H](Oc1ccc2c(cnn2-c2ccc(=O)n(C)c2)c1)c1cccc(F)c1. The lowest BCUT2D eigenvalue weighted by molar-refractivity contribution is -0.137. The molecule has 4 aromatic rings. The van der Waals surface area contributed by atoms with Gasteiger partial charge in [-0.25, -0.2) is 9.07 Å². The fourth-order valence-electron chi connectivity index (χ4n) is 4.02. The summed E-state index contributed by atoms with van der Waals surface area (Å²) < 4.78 is 23.7. The van der Waals surface area contributed by atoms with Gasteiger partial charge in [0.25, 0.3) is 5.91 Å². The number of aromatic nitrogens is 3. The number of halogens is 1. The van der Waals surface area contributed by atoms with Crippen molar-refractivity contribution in [2.45, 2.75) is 32.9 Å². The summed E-state index contributed by atoms with van der Waals surface area (Å²) in [5, 5.41) is 7.98. The highest BCUT2D eigenvalue weighted by Gasteiger charge is 2.31. The first kappa shape index (κ1) is 24.8. The van der Waals surface area contributed by atoms with Gasteiger partial charge in [-0.1, -0.05) is 26.0 Å². The molecule has 0 unspecified atom stereocenters. The van der Waals surface area contributed by atoms with Crippen molar-refractivity contribution < 1.29 is 18.7 Å². The highest BCUT2D eigenvalue weighted by molar-refractivity contribution is 6.35. The number of rotatable bonds is 8. The molecule has 2 aromatic carbocycles. The molecule has 1 amide bonds. The molecule has 0 aliphatic heterocycles. The van der Waals surface area contributed by atoms with Gasteiger partial charge in [-0.3, -0.25) is 14.4 Å². The lowest BCUT2D eigenvalue weighted by Crippen LogP contribution is -2.46. The Labute approximate surface area is 207 Å². The molecule has 0 saturated carbocycles. The quantitative estimate of drug-likeness (QED) is 0.380. The summed E-state index contributed by atoms with van der Waals surface area (Å²) in [4.78, 5) is 35.6. The lowest BCUT2D eigenvalue weighted by atomic mass is 9.92. The van der Waals surface area contributed by atoms with Gasteiger partial charge in [0.15, 0.2) is 0 Å². The molecule has 0 saturated heterocycles. The largest absolute Gasteiger partial charge is 0.484 e. The fourth-order valence-corrected chi connectivity index (χ4v) is 4.02. The van der Waals surface area contributed by atoms with Crippen LogP contribution in [-0.2, 0) is 16.6 Å². The second-order valence-electron chi connectivity index (χ2n) is 9.01. The van der Waals surface area contributed by atoms with Crippen LogP contribution >= 0.6 is 0 Å². The molecule has 0 aliphatic rings. The number of aryl methyl sites for hydroxylation is 1. The van der Waals surface area contributed by atoms with Gasteiger partial charge in [-0.15, -0.1) is 0 Å². The maximum absolute atomic E-state index is 14.1. The summed E-state index contributed by atoms with van der Waals surface area (Å²) in [5.41, 5.74) is 1.93. The van der Waals surface area contributed by atoms with Crippen molar-refractivity contribution in [3.63, 3.8) is 0 Å². The third-order valence-electron chi connectivity index (χ3n) is 5.96. The average Bonchev–Trinajstić information content (AvgIpc) is 3.26. The first-order valence-corrected chi connectivity index (χ1v) is 11.5. The molecule has 186 valence electrons. The predicted octanol–water partition coefficient (Wildman–Crippen LogP) is 3.71. The van der Waals surface area contributed by atoms with E-state index >= 15 is 0 Å². The maximum atomic E-state index is 14.1. The van der Waals surface area contributed by atoms with E-state index in [2.05, 4.69) is 10.4 Å². The van der Waals surface area contributed by atoms with Crippen LogP contribution in [0.4, 0.5) is 4.39 Å². The second-order valence-corrected chi connectivity index (χ2v) is 9.01. The Morgan fingerprint density at radius 3 is 2.53 bits per heavy atom. The molecule has 2 aromatic heterocycles. The molecule has 0 spiro atoms. The van der Waals surface area contributed by atoms with Crippen LogP contribution in [-0.4, -0.2) is 32.1 Å². The van der Waals surface area contributed by atoms with Gasteiger partial charge in [0.1, 0.15) is 17.7 Å². The summed E-state index contributed by atoms with van der Waals surface area (Å²) in [7, 11) is 1.67. The van der Waals surface area contributed by atoms with E-state index in [1.807, 2.05) is 19.9 Å². The number of ether oxygens (including phenoxy) is 1. The summed E-state index contributed by atoms with van der Waals surface area (Å²) in [6.07, 6.45) is 2.62. The second kappa shape index (κ2) is 10.2. The monoisotopic (exact) mass is 490 g/mol. The van der Waals surface area contributed by atoms with E-state index in [0.717, 1.165) is 16.6 Å². The van der Waals surface area contributed by atoms with Crippen LogP contribution in [0.15, 0.2) is 71.8 Å². The zero-order chi connectivity index (χ0) is 26.0. The number of nitrogens with one attached hydrogen (secondary N) is 1. The minimum atomic E-state index is -0.764. The van der Waals surface area contributed by atoms with E-state index in [0.29, 0.717) is 11.3 Å². The van der Waals surface area contributed by atoms with Crippen molar-refractivity contribution >= 4 is 22.6 Å². The Kier molecular flexibility index (Phi) is 7.00. The molecule has 9 heteroatoms. The zero-order valence-corrected chi connectivity index (χ0v) is 20.4. The average molecular weight is 491 g/mol. The first-order chi connectivity index (χ1) is 17.1. The lowest BCUT2D eigenvalue weighted by Gasteiger charge is -2.31. The van der Waals surface area contributed by atoms with Gasteiger partial charge in [-0.2, -0.15) is 5.10 Å². The third-order valence-corrected chi connectivity index (χ3v) is 5.96. The van der Waals surface area contributed by atoms with Gasteiger partial charge >= 0.3 is 0 Å². The molecule has 0 fully saturated rings. The first-order valence-electron chi connectivity index (χ1n) is 11.5. The molecule has 8 nitrogen and oxygen atoms in total. The molecule has 1 N–H and O–H groups in total. The van der Waals surface area contributed by atoms with Crippen LogP contribution in [0.25, 0.3) is 16.6 Å². The zero-order valence-electron chi connectivity index (χ0n) is 20.4. The molecule has 0 bridgehead atoms. The van der Waals surface area contributed by atoms with E-state index in [1.165, 1.54) is 29.7 Å². The van der Waals surface area contributed by atoms with Crippen LogP contribution in [0.2, 0.25) is 0 Å². The van der Waals surface area contributed by atoms with Crippen LogP contribution in [0.3, 0.4) is 0 Å². The van der Waals surface area contributed by atoms with Crippen molar-refractivity contribution in [3.8, 4) is 11.4 Å². The highest BCUT2D eigenvalue weighted by Crippen LogP contribution is 2.31. The number of carbonyl (C=O) groups excluding carboxylic acids is 2. The number of fused-ring (bicyclic) bond motifs is 1. The van der Waals surface area contributed by atoms with Crippen LogP contribution in [0.5, 0.6) is 5.75 Å². The molecular weight excluding hydrogens is 463 g/mol. The van der Waals surface area contributed by atoms with Gasteiger partial charge in [0, 0.05) is 31.6 Å². The number of benzene rings is 2. The van der Waals surface area contributed by atoms with Crippen molar-refractivity contribution in [1.29, 1.82) is 0 Å². The summed E-state index contributed by atoms with van der Waals surface area (Å²) in [6, 6.07) is 14.0. The fraction of sp³-hybridized carbons (Fsp3) is 0.259. The van der Waals surface area contributed by atoms with E-state index in [-0.39, 0.29) is 11.5 Å². The summed E-state index contributed by atoms with van der Waals surface area (Å²) >= 11 is 0. The van der Waals surface area contributed by atoms with Gasteiger partial charge in [0.05, 0.1) is 23.4 Å². The minimum absolute atomic E-state index is 0.120. The van der Waals surface area contributed by atoms with E-state index < -0.39 is 29.7 Å². The Bertz CT molecular complexity index is 1490. The van der Waals surface area contributed by atoms with Crippen molar-refractivity contribution in [3.05, 3.63) is 88.7 Å². The molecule has 0 radical (unpaired) electrons. The van der Waals surface area contributed by atoms with E-state index in [1.54, 1.807) is 54.5 Å². The van der Waals surface area contributed by atoms with Gasteiger partial charge in [0.2, 0.25) is 11.3 Å². The summed E-state index contributed by atoms with van der Waals surface area (Å²) in [5.74, 6) is -1.42. The smallest absolute Gasteiger partial charge is 0.287 e. The molecule has 2 atom stereocenters. The molecular formula is C27H27FN4O4. The molecule has 2 heterocycles. The Morgan fingerprint density at radius 1 is 1.08 bits per heavy atom. The van der Waals surface area contributed by atoms with Crippen molar-refractivity contribution in [2.75, 3.05) is 0 Å².